The number of nitrogens with two attached hydrogens (primary N) is 1. The lowest BCUT2D eigenvalue weighted by Gasteiger charge is -2.15. The van der Waals surface area contributed by atoms with Crippen molar-refractivity contribution in [3.8, 4) is 0 Å². The van der Waals surface area contributed by atoms with Crippen molar-refractivity contribution in [1.29, 1.82) is 0 Å². The summed E-state index contributed by atoms with van der Waals surface area (Å²) >= 11 is 0. The van der Waals surface area contributed by atoms with Gasteiger partial charge in [-0.1, -0.05) is 6.07 Å². The third-order valence-electron chi connectivity index (χ3n) is 3.00. The van der Waals surface area contributed by atoms with Gasteiger partial charge in [0, 0.05) is 24.5 Å². The quantitative estimate of drug-likeness (QED) is 0.710. The van der Waals surface area contributed by atoms with Crippen molar-refractivity contribution in [2.75, 3.05) is 30.7 Å². The number of rotatable bonds is 3. The zero-order chi connectivity index (χ0) is 13.7. The maximum Gasteiger partial charge on any atom is 0.319 e. The van der Waals surface area contributed by atoms with Crippen LogP contribution in [0.5, 0.6) is 0 Å². The fourth-order valence-corrected chi connectivity index (χ4v) is 2.03. The van der Waals surface area contributed by atoms with Crippen LogP contribution in [0.1, 0.15) is 12.8 Å². The molecule has 1 aromatic rings. The largest absolute Gasteiger partial charge is 0.399 e. The number of likely N-dealkylation sites (tertiary alicyclic amines) is 1. The SMILES string of the molecule is Nc1cccc(NC(=O)NCC(=O)N2CCCC2)c1. The van der Waals surface area contributed by atoms with Gasteiger partial charge < -0.3 is 21.3 Å². The van der Waals surface area contributed by atoms with E-state index in [2.05, 4.69) is 10.6 Å². The van der Waals surface area contributed by atoms with Gasteiger partial charge in [-0.05, 0) is 31.0 Å². The third-order valence-corrected chi connectivity index (χ3v) is 3.00. The predicted octanol–water partition coefficient (Wildman–Crippen LogP) is 1.01. The Morgan fingerprint density at radius 3 is 2.68 bits per heavy atom. The molecule has 0 spiro atoms. The van der Waals surface area contributed by atoms with Crippen molar-refractivity contribution in [2.24, 2.45) is 0 Å². The molecular weight excluding hydrogens is 244 g/mol. The molecule has 0 atom stereocenters. The molecule has 1 fully saturated rings. The molecule has 1 heterocycles. The Balaban J connectivity index is 1.76. The van der Waals surface area contributed by atoms with Gasteiger partial charge in [0.25, 0.3) is 0 Å². The molecule has 1 aliphatic heterocycles. The lowest BCUT2D eigenvalue weighted by molar-refractivity contribution is -0.128. The van der Waals surface area contributed by atoms with Crippen LogP contribution in [0.3, 0.4) is 0 Å². The molecule has 1 saturated heterocycles. The van der Waals surface area contributed by atoms with Crippen LogP contribution < -0.4 is 16.4 Å². The minimum atomic E-state index is -0.404. The number of carbonyl (C=O) groups excluding carboxylic acids is 2. The average molecular weight is 262 g/mol. The van der Waals surface area contributed by atoms with Gasteiger partial charge >= 0.3 is 6.03 Å². The molecule has 0 bridgehead atoms. The highest BCUT2D eigenvalue weighted by molar-refractivity contribution is 5.92. The number of nitrogens with one attached hydrogen (secondary N) is 2. The van der Waals surface area contributed by atoms with Crippen molar-refractivity contribution in [1.82, 2.24) is 10.2 Å². The van der Waals surface area contributed by atoms with Crippen molar-refractivity contribution < 1.29 is 9.59 Å². The zero-order valence-corrected chi connectivity index (χ0v) is 10.7. The number of hydrogen-bond acceptors (Lipinski definition) is 3. The first kappa shape index (κ1) is 13.2. The second kappa shape index (κ2) is 6.08. The van der Waals surface area contributed by atoms with E-state index in [4.69, 9.17) is 5.73 Å². The highest BCUT2D eigenvalue weighted by Crippen LogP contribution is 2.11. The second-order valence-corrected chi connectivity index (χ2v) is 4.52. The fraction of sp³-hybridized carbons (Fsp3) is 0.385. The Hall–Kier alpha value is -2.24. The second-order valence-electron chi connectivity index (χ2n) is 4.52. The Bertz CT molecular complexity index is 469. The molecule has 6 nitrogen and oxygen atoms in total. The number of nitrogens with zero attached hydrogens (tertiary/aromatic N) is 1. The van der Waals surface area contributed by atoms with Gasteiger partial charge in [0.1, 0.15) is 0 Å². The highest BCUT2D eigenvalue weighted by Gasteiger charge is 2.17. The molecule has 4 N–H and O–H groups in total. The van der Waals surface area contributed by atoms with Gasteiger partial charge in [0.15, 0.2) is 0 Å². The Morgan fingerprint density at radius 2 is 2.00 bits per heavy atom. The van der Waals surface area contributed by atoms with Crippen LogP contribution in [-0.2, 0) is 4.79 Å². The first-order valence-electron chi connectivity index (χ1n) is 6.33. The van der Waals surface area contributed by atoms with Crippen LogP contribution in [0.2, 0.25) is 0 Å². The molecule has 102 valence electrons. The summed E-state index contributed by atoms with van der Waals surface area (Å²) in [6.07, 6.45) is 2.09. The summed E-state index contributed by atoms with van der Waals surface area (Å²) in [7, 11) is 0. The topological polar surface area (TPSA) is 87.5 Å². The maximum absolute atomic E-state index is 11.7. The summed E-state index contributed by atoms with van der Waals surface area (Å²) < 4.78 is 0. The number of anilines is 2. The van der Waals surface area contributed by atoms with Crippen LogP contribution in [-0.4, -0.2) is 36.5 Å². The van der Waals surface area contributed by atoms with Crippen molar-refractivity contribution in [3.05, 3.63) is 24.3 Å². The van der Waals surface area contributed by atoms with E-state index < -0.39 is 6.03 Å². The van der Waals surface area contributed by atoms with E-state index in [0.29, 0.717) is 11.4 Å². The number of benzene rings is 1. The molecule has 19 heavy (non-hydrogen) atoms. The molecule has 1 aromatic carbocycles. The number of amides is 3. The van der Waals surface area contributed by atoms with Crippen molar-refractivity contribution >= 4 is 23.3 Å². The van der Waals surface area contributed by atoms with E-state index in [9.17, 15) is 9.59 Å². The highest BCUT2D eigenvalue weighted by atomic mass is 16.2. The van der Waals surface area contributed by atoms with Crippen LogP contribution >= 0.6 is 0 Å². The first-order valence-corrected chi connectivity index (χ1v) is 6.33. The van der Waals surface area contributed by atoms with E-state index in [1.54, 1.807) is 29.2 Å². The number of urea groups is 1. The van der Waals surface area contributed by atoms with E-state index >= 15 is 0 Å². The zero-order valence-electron chi connectivity index (χ0n) is 10.7. The van der Waals surface area contributed by atoms with E-state index in [1.807, 2.05) is 0 Å². The number of nitrogen functional groups attached to an aromatic ring is 1. The minimum absolute atomic E-state index is 0.0220. The fourth-order valence-electron chi connectivity index (χ4n) is 2.03. The number of carbonyl (C=O) groups is 2. The van der Waals surface area contributed by atoms with E-state index in [0.717, 1.165) is 25.9 Å². The van der Waals surface area contributed by atoms with Gasteiger partial charge in [0.2, 0.25) is 5.91 Å². The van der Waals surface area contributed by atoms with Crippen LogP contribution in [0.25, 0.3) is 0 Å². The molecule has 0 aliphatic carbocycles. The predicted molar refractivity (Wildman–Crippen MR) is 73.7 cm³/mol. The smallest absolute Gasteiger partial charge is 0.319 e. The molecule has 0 radical (unpaired) electrons. The lowest BCUT2D eigenvalue weighted by atomic mass is 10.3. The Labute approximate surface area is 112 Å². The summed E-state index contributed by atoms with van der Waals surface area (Å²) in [6.45, 7) is 1.60. The van der Waals surface area contributed by atoms with Crippen LogP contribution in [0, 0.1) is 0 Å². The summed E-state index contributed by atoms with van der Waals surface area (Å²) in [4.78, 5) is 25.1. The summed E-state index contributed by atoms with van der Waals surface area (Å²) in [5.41, 5.74) is 6.78. The molecule has 1 aliphatic rings. The molecule has 0 saturated carbocycles. The number of hydrogen-bond donors (Lipinski definition) is 3. The van der Waals surface area contributed by atoms with Crippen LogP contribution in [0.15, 0.2) is 24.3 Å². The molecule has 0 unspecified atom stereocenters. The van der Waals surface area contributed by atoms with Crippen molar-refractivity contribution in [3.63, 3.8) is 0 Å². The molecule has 6 heteroatoms. The molecular formula is C13H18N4O2. The summed E-state index contributed by atoms with van der Waals surface area (Å²) in [6, 6.07) is 6.47. The van der Waals surface area contributed by atoms with E-state index in [-0.39, 0.29) is 12.5 Å². The first-order chi connectivity index (χ1) is 9.15. The normalized spacial score (nSPS) is 14.2. The molecule has 2 rings (SSSR count). The van der Waals surface area contributed by atoms with Gasteiger partial charge in [-0.3, -0.25) is 4.79 Å². The summed E-state index contributed by atoms with van der Waals surface area (Å²) in [5, 5.41) is 5.17. The standard InChI is InChI=1S/C13H18N4O2/c14-10-4-3-5-11(8-10)16-13(19)15-9-12(18)17-6-1-2-7-17/h3-5,8H,1-2,6-7,9,14H2,(H2,15,16,19). The maximum atomic E-state index is 11.7. The van der Waals surface area contributed by atoms with E-state index in [1.165, 1.54) is 0 Å². The Morgan fingerprint density at radius 1 is 1.26 bits per heavy atom. The average Bonchev–Trinajstić information content (AvgIpc) is 2.90. The lowest BCUT2D eigenvalue weighted by Crippen LogP contribution is -2.40. The third kappa shape index (κ3) is 3.87. The molecule has 0 aromatic heterocycles. The molecule has 3 amide bonds. The van der Waals surface area contributed by atoms with Crippen molar-refractivity contribution in [2.45, 2.75) is 12.8 Å². The minimum Gasteiger partial charge on any atom is -0.399 e. The van der Waals surface area contributed by atoms with Gasteiger partial charge in [-0.2, -0.15) is 0 Å². The monoisotopic (exact) mass is 262 g/mol. The van der Waals surface area contributed by atoms with Gasteiger partial charge in [-0.25, -0.2) is 4.79 Å². The van der Waals surface area contributed by atoms with Crippen LogP contribution in [0.4, 0.5) is 16.2 Å². The summed E-state index contributed by atoms with van der Waals surface area (Å²) in [5.74, 6) is -0.0415. The Kier molecular flexibility index (Phi) is 4.22. The van der Waals surface area contributed by atoms with Gasteiger partial charge in [-0.15, -0.1) is 0 Å². The van der Waals surface area contributed by atoms with Gasteiger partial charge in [0.05, 0.1) is 6.54 Å².